The molecule has 120 valence electrons. The molecular formula is C16H20N6O. The van der Waals surface area contributed by atoms with Crippen molar-refractivity contribution in [1.29, 1.82) is 0 Å². The minimum Gasteiger partial charge on any atom is -0.383 e. The van der Waals surface area contributed by atoms with Crippen LogP contribution in [0.15, 0.2) is 43.1 Å². The number of rotatable bonds is 7. The number of hydrogen-bond acceptors (Lipinski definition) is 5. The number of aryl methyl sites for hydroxylation is 1. The smallest absolute Gasteiger partial charge is 0.0973 e. The molecule has 0 fully saturated rings. The van der Waals surface area contributed by atoms with Gasteiger partial charge in [0.15, 0.2) is 0 Å². The van der Waals surface area contributed by atoms with E-state index in [1.54, 1.807) is 19.5 Å². The quantitative estimate of drug-likeness (QED) is 0.722. The predicted molar refractivity (Wildman–Crippen MR) is 87.9 cm³/mol. The van der Waals surface area contributed by atoms with Crippen LogP contribution < -0.4 is 5.32 Å². The first-order valence-corrected chi connectivity index (χ1v) is 7.44. The van der Waals surface area contributed by atoms with Crippen LogP contribution in [0.2, 0.25) is 0 Å². The van der Waals surface area contributed by atoms with E-state index >= 15 is 0 Å². The SMILES string of the molecule is COCCn1cc(NCc2cn(C)nc2-c2ccncc2)cn1. The molecule has 7 nitrogen and oxygen atoms in total. The number of ether oxygens (including phenoxy) is 1. The molecule has 3 heterocycles. The first-order valence-electron chi connectivity index (χ1n) is 7.44. The molecule has 1 N–H and O–H groups in total. The van der Waals surface area contributed by atoms with Gasteiger partial charge in [0, 0.05) is 56.6 Å². The minimum absolute atomic E-state index is 0.649. The Kier molecular flexibility index (Phi) is 4.68. The molecule has 3 rings (SSSR count). The minimum atomic E-state index is 0.649. The second kappa shape index (κ2) is 7.06. The lowest BCUT2D eigenvalue weighted by Crippen LogP contribution is -2.04. The summed E-state index contributed by atoms with van der Waals surface area (Å²) in [6, 6.07) is 3.93. The lowest BCUT2D eigenvalue weighted by molar-refractivity contribution is 0.183. The van der Waals surface area contributed by atoms with Gasteiger partial charge in [0.25, 0.3) is 0 Å². The van der Waals surface area contributed by atoms with E-state index in [2.05, 4.69) is 20.5 Å². The van der Waals surface area contributed by atoms with Crippen LogP contribution in [0.1, 0.15) is 5.56 Å². The first-order chi connectivity index (χ1) is 11.3. The summed E-state index contributed by atoms with van der Waals surface area (Å²) in [6.45, 7) is 2.07. The summed E-state index contributed by atoms with van der Waals surface area (Å²) in [4.78, 5) is 4.06. The maximum atomic E-state index is 5.05. The summed E-state index contributed by atoms with van der Waals surface area (Å²) >= 11 is 0. The third kappa shape index (κ3) is 3.75. The van der Waals surface area contributed by atoms with Crippen LogP contribution in [0.3, 0.4) is 0 Å². The zero-order valence-electron chi connectivity index (χ0n) is 13.3. The van der Waals surface area contributed by atoms with Gasteiger partial charge in [-0.2, -0.15) is 10.2 Å². The molecule has 0 atom stereocenters. The normalized spacial score (nSPS) is 10.9. The van der Waals surface area contributed by atoms with Gasteiger partial charge in [-0.3, -0.25) is 14.3 Å². The summed E-state index contributed by atoms with van der Waals surface area (Å²) in [7, 11) is 3.61. The van der Waals surface area contributed by atoms with Crippen molar-refractivity contribution >= 4 is 5.69 Å². The van der Waals surface area contributed by atoms with Crippen molar-refractivity contribution in [3.8, 4) is 11.3 Å². The molecule has 0 unspecified atom stereocenters. The summed E-state index contributed by atoms with van der Waals surface area (Å²) in [5, 5.41) is 12.2. The van der Waals surface area contributed by atoms with E-state index in [4.69, 9.17) is 4.74 Å². The fourth-order valence-corrected chi connectivity index (χ4v) is 2.38. The van der Waals surface area contributed by atoms with Crippen LogP contribution in [0.5, 0.6) is 0 Å². The Labute approximate surface area is 134 Å². The highest BCUT2D eigenvalue weighted by atomic mass is 16.5. The van der Waals surface area contributed by atoms with E-state index in [-0.39, 0.29) is 0 Å². The number of pyridine rings is 1. The monoisotopic (exact) mass is 312 g/mol. The van der Waals surface area contributed by atoms with Crippen LogP contribution in [-0.2, 0) is 24.9 Å². The van der Waals surface area contributed by atoms with Crippen molar-refractivity contribution in [2.75, 3.05) is 19.0 Å². The number of methoxy groups -OCH3 is 1. The molecule has 3 aromatic rings. The van der Waals surface area contributed by atoms with Gasteiger partial charge in [0.1, 0.15) is 0 Å². The van der Waals surface area contributed by atoms with E-state index in [9.17, 15) is 0 Å². The van der Waals surface area contributed by atoms with Crippen molar-refractivity contribution in [1.82, 2.24) is 24.5 Å². The molecule has 0 saturated heterocycles. The number of hydrogen-bond donors (Lipinski definition) is 1. The average molecular weight is 312 g/mol. The van der Waals surface area contributed by atoms with Crippen molar-refractivity contribution in [3.05, 3.63) is 48.7 Å². The first kappa shape index (κ1) is 15.2. The maximum absolute atomic E-state index is 5.05. The van der Waals surface area contributed by atoms with Gasteiger partial charge in [-0.1, -0.05) is 0 Å². The number of nitrogens with one attached hydrogen (secondary N) is 1. The molecule has 0 radical (unpaired) electrons. The lowest BCUT2D eigenvalue weighted by Gasteiger charge is -2.04. The number of anilines is 1. The third-order valence-corrected chi connectivity index (χ3v) is 3.50. The van der Waals surface area contributed by atoms with E-state index in [1.165, 1.54) is 0 Å². The zero-order chi connectivity index (χ0) is 16.1. The van der Waals surface area contributed by atoms with Crippen LogP contribution in [-0.4, -0.2) is 38.3 Å². The molecule has 0 aliphatic rings. The van der Waals surface area contributed by atoms with Gasteiger partial charge >= 0.3 is 0 Å². The van der Waals surface area contributed by atoms with E-state index in [0.29, 0.717) is 13.2 Å². The Balaban J connectivity index is 1.70. The maximum Gasteiger partial charge on any atom is 0.0973 e. The Morgan fingerprint density at radius 2 is 2.04 bits per heavy atom. The molecule has 0 amide bonds. The second-order valence-electron chi connectivity index (χ2n) is 5.25. The average Bonchev–Trinajstić information content (AvgIpc) is 3.18. The molecule has 23 heavy (non-hydrogen) atoms. The number of nitrogens with zero attached hydrogens (tertiary/aromatic N) is 5. The molecule has 0 aliphatic carbocycles. The summed E-state index contributed by atoms with van der Waals surface area (Å²) in [5.74, 6) is 0. The Bertz CT molecular complexity index is 749. The van der Waals surface area contributed by atoms with Crippen LogP contribution in [0.25, 0.3) is 11.3 Å². The molecule has 0 spiro atoms. The third-order valence-electron chi connectivity index (χ3n) is 3.50. The van der Waals surface area contributed by atoms with Crippen molar-refractivity contribution in [2.45, 2.75) is 13.1 Å². The lowest BCUT2D eigenvalue weighted by atomic mass is 10.1. The molecule has 0 aromatic carbocycles. The second-order valence-corrected chi connectivity index (χ2v) is 5.25. The van der Waals surface area contributed by atoms with Gasteiger partial charge in [-0.25, -0.2) is 0 Å². The highest BCUT2D eigenvalue weighted by Gasteiger charge is 2.10. The molecule has 0 bridgehead atoms. The zero-order valence-corrected chi connectivity index (χ0v) is 13.3. The van der Waals surface area contributed by atoms with Gasteiger partial charge in [0.2, 0.25) is 0 Å². The molecule has 0 saturated carbocycles. The summed E-state index contributed by atoms with van der Waals surface area (Å²) < 4.78 is 8.74. The Morgan fingerprint density at radius 3 is 2.83 bits per heavy atom. The van der Waals surface area contributed by atoms with Gasteiger partial charge < -0.3 is 10.1 Å². The molecule has 0 aliphatic heterocycles. The van der Waals surface area contributed by atoms with Crippen LogP contribution in [0, 0.1) is 0 Å². The molecule has 3 aromatic heterocycles. The standard InChI is InChI=1S/C16H20N6O/c1-21-11-14(16(20-21)13-3-5-17-6-4-13)9-18-15-10-19-22(12-15)7-8-23-2/h3-6,10-12,18H,7-9H2,1-2H3. The summed E-state index contributed by atoms with van der Waals surface area (Å²) in [5.41, 5.74) is 4.14. The van der Waals surface area contributed by atoms with Crippen molar-refractivity contribution < 1.29 is 4.74 Å². The topological polar surface area (TPSA) is 69.8 Å². The summed E-state index contributed by atoms with van der Waals surface area (Å²) in [6.07, 6.45) is 9.37. The Morgan fingerprint density at radius 1 is 1.22 bits per heavy atom. The van der Waals surface area contributed by atoms with E-state index in [0.717, 1.165) is 29.1 Å². The van der Waals surface area contributed by atoms with Crippen LogP contribution in [0.4, 0.5) is 5.69 Å². The van der Waals surface area contributed by atoms with Crippen molar-refractivity contribution in [2.24, 2.45) is 7.05 Å². The van der Waals surface area contributed by atoms with E-state index in [1.807, 2.05) is 47.1 Å². The predicted octanol–water partition coefficient (Wildman–Crippen LogP) is 1.94. The van der Waals surface area contributed by atoms with Crippen molar-refractivity contribution in [3.63, 3.8) is 0 Å². The van der Waals surface area contributed by atoms with Crippen LogP contribution >= 0.6 is 0 Å². The highest BCUT2D eigenvalue weighted by molar-refractivity contribution is 5.62. The van der Waals surface area contributed by atoms with Gasteiger partial charge in [0.05, 0.1) is 30.7 Å². The Hall–Kier alpha value is -2.67. The van der Waals surface area contributed by atoms with E-state index < -0.39 is 0 Å². The fraction of sp³-hybridized carbons (Fsp3) is 0.312. The molecule has 7 heteroatoms. The number of aromatic nitrogens is 5. The van der Waals surface area contributed by atoms with Gasteiger partial charge in [-0.05, 0) is 12.1 Å². The van der Waals surface area contributed by atoms with Gasteiger partial charge in [-0.15, -0.1) is 0 Å². The fourth-order valence-electron chi connectivity index (χ4n) is 2.38. The largest absolute Gasteiger partial charge is 0.383 e. The molecular weight excluding hydrogens is 292 g/mol. The highest BCUT2D eigenvalue weighted by Crippen LogP contribution is 2.22.